The van der Waals surface area contributed by atoms with Crippen molar-refractivity contribution in [3.05, 3.63) is 112 Å². The van der Waals surface area contributed by atoms with Gasteiger partial charge in [0.15, 0.2) is 23.1 Å². The van der Waals surface area contributed by atoms with E-state index in [4.69, 9.17) is 18.9 Å². The van der Waals surface area contributed by atoms with E-state index >= 15 is 4.39 Å². The number of nitrogens with zero attached hydrogens (tertiary/aromatic N) is 2. The SMILES string of the molecule is COCCOc1cc2nccc(Oc3ccc(NC(=O)c4ccc(C)n(-c5ccc(F)cc5C)c4=O)cc3F)c2cc1OC. The lowest BCUT2D eigenvalue weighted by atomic mass is 10.1. The molecule has 2 aromatic heterocycles. The maximum atomic E-state index is 15.2. The zero-order valence-electron chi connectivity index (χ0n) is 24.4. The highest BCUT2D eigenvalue weighted by Gasteiger charge is 2.18. The number of pyridine rings is 2. The van der Waals surface area contributed by atoms with E-state index in [1.165, 1.54) is 54.3 Å². The van der Waals surface area contributed by atoms with Crippen molar-refractivity contribution in [1.82, 2.24) is 9.55 Å². The number of methoxy groups -OCH3 is 2. The summed E-state index contributed by atoms with van der Waals surface area (Å²) >= 11 is 0. The fourth-order valence-corrected chi connectivity index (χ4v) is 4.68. The van der Waals surface area contributed by atoms with Gasteiger partial charge in [-0.2, -0.15) is 0 Å². The molecule has 0 saturated heterocycles. The van der Waals surface area contributed by atoms with Crippen LogP contribution < -0.4 is 25.1 Å². The summed E-state index contributed by atoms with van der Waals surface area (Å²) in [7, 11) is 3.08. The van der Waals surface area contributed by atoms with Gasteiger partial charge in [-0.05, 0) is 74.0 Å². The molecule has 9 nitrogen and oxygen atoms in total. The van der Waals surface area contributed by atoms with E-state index in [9.17, 15) is 14.0 Å². The fourth-order valence-electron chi connectivity index (χ4n) is 4.68. The van der Waals surface area contributed by atoms with E-state index in [1.807, 2.05) is 0 Å². The molecule has 2 heterocycles. The topological polar surface area (TPSA) is 101 Å². The highest BCUT2D eigenvalue weighted by Crippen LogP contribution is 2.37. The Morgan fingerprint density at radius 1 is 0.886 bits per heavy atom. The van der Waals surface area contributed by atoms with Crippen LogP contribution in [-0.4, -0.2) is 42.9 Å². The first-order chi connectivity index (χ1) is 21.2. The number of halogens is 2. The zero-order chi connectivity index (χ0) is 31.4. The number of carbonyl (C=O) groups excluding carboxylic acids is 1. The Morgan fingerprint density at radius 2 is 1.70 bits per heavy atom. The molecule has 5 aromatic rings. The van der Waals surface area contributed by atoms with E-state index in [2.05, 4.69) is 10.3 Å². The lowest BCUT2D eigenvalue weighted by Gasteiger charge is -2.15. The summed E-state index contributed by atoms with van der Waals surface area (Å²) in [5.41, 5.74) is 1.44. The summed E-state index contributed by atoms with van der Waals surface area (Å²) in [4.78, 5) is 30.8. The first-order valence-corrected chi connectivity index (χ1v) is 13.6. The molecule has 0 atom stereocenters. The highest BCUT2D eigenvalue weighted by atomic mass is 19.1. The number of aromatic nitrogens is 2. The van der Waals surface area contributed by atoms with Crippen molar-refractivity contribution in [2.75, 3.05) is 32.8 Å². The van der Waals surface area contributed by atoms with Crippen LogP contribution in [0, 0.1) is 25.5 Å². The molecule has 5 rings (SSSR count). The number of hydrogen-bond donors (Lipinski definition) is 1. The van der Waals surface area contributed by atoms with E-state index in [0.29, 0.717) is 58.3 Å². The minimum atomic E-state index is -0.748. The number of aryl methyl sites for hydroxylation is 2. The van der Waals surface area contributed by atoms with Crippen molar-refractivity contribution in [3.8, 4) is 28.7 Å². The van der Waals surface area contributed by atoms with Gasteiger partial charge in [0.25, 0.3) is 11.5 Å². The molecular weight excluding hydrogens is 572 g/mol. The lowest BCUT2D eigenvalue weighted by molar-refractivity contribution is 0.102. The van der Waals surface area contributed by atoms with Gasteiger partial charge < -0.3 is 24.3 Å². The largest absolute Gasteiger partial charge is 0.493 e. The lowest BCUT2D eigenvalue weighted by Crippen LogP contribution is -2.29. The Hall–Kier alpha value is -5.29. The molecule has 0 spiro atoms. The van der Waals surface area contributed by atoms with Crippen LogP contribution in [0.15, 0.2) is 77.7 Å². The summed E-state index contributed by atoms with van der Waals surface area (Å²) in [6, 6.07) is 15.9. The first-order valence-electron chi connectivity index (χ1n) is 13.6. The van der Waals surface area contributed by atoms with Crippen molar-refractivity contribution in [2.24, 2.45) is 0 Å². The predicted octanol–water partition coefficient (Wildman–Crippen LogP) is 6.36. The Balaban J connectivity index is 1.38. The number of hydrogen-bond acceptors (Lipinski definition) is 7. The predicted molar refractivity (Wildman–Crippen MR) is 162 cm³/mol. The standard InChI is InChI=1S/C33H29F2N3O6/c1-19-15-21(34)6-9-27(19)38-20(2)5-8-23(33(38)40)32(39)37-22-7-10-29(25(35)16-22)44-28-11-12-36-26-18-31(43-14-13-41-3)30(42-4)17-24(26)28/h5-12,15-18H,13-14H2,1-4H3,(H,37,39). The molecule has 1 N–H and O–H groups in total. The summed E-state index contributed by atoms with van der Waals surface area (Å²) in [5, 5.41) is 3.13. The molecule has 0 aliphatic rings. The molecule has 0 aliphatic heterocycles. The van der Waals surface area contributed by atoms with Crippen LogP contribution >= 0.6 is 0 Å². The van der Waals surface area contributed by atoms with Gasteiger partial charge in [-0.1, -0.05) is 0 Å². The maximum Gasteiger partial charge on any atom is 0.268 e. The molecule has 0 aliphatic carbocycles. The quantitative estimate of drug-likeness (QED) is 0.186. The van der Waals surface area contributed by atoms with Gasteiger partial charge in [0, 0.05) is 42.2 Å². The second kappa shape index (κ2) is 12.9. The second-order valence-corrected chi connectivity index (χ2v) is 9.83. The van der Waals surface area contributed by atoms with Crippen LogP contribution in [-0.2, 0) is 4.74 Å². The Bertz CT molecular complexity index is 1920. The molecule has 11 heteroatoms. The normalized spacial score (nSPS) is 11.0. The first kappa shape index (κ1) is 30.2. The third-order valence-corrected chi connectivity index (χ3v) is 6.86. The van der Waals surface area contributed by atoms with E-state index in [0.717, 1.165) is 6.07 Å². The number of ether oxygens (including phenoxy) is 4. The number of benzene rings is 3. The number of carbonyl (C=O) groups is 1. The molecule has 0 radical (unpaired) electrons. The summed E-state index contributed by atoms with van der Waals surface area (Å²) < 4.78 is 52.3. The molecule has 0 saturated carbocycles. The van der Waals surface area contributed by atoms with Crippen molar-refractivity contribution in [1.29, 1.82) is 0 Å². The van der Waals surface area contributed by atoms with Crippen molar-refractivity contribution in [2.45, 2.75) is 13.8 Å². The molecule has 3 aromatic carbocycles. The highest BCUT2D eigenvalue weighted by molar-refractivity contribution is 6.04. The average Bonchev–Trinajstić information content (AvgIpc) is 2.99. The monoisotopic (exact) mass is 601 g/mol. The number of rotatable bonds is 10. The minimum Gasteiger partial charge on any atom is -0.493 e. The summed E-state index contributed by atoms with van der Waals surface area (Å²) in [6.07, 6.45) is 1.53. The van der Waals surface area contributed by atoms with Crippen molar-refractivity contribution >= 4 is 22.5 Å². The third-order valence-electron chi connectivity index (χ3n) is 6.86. The molecule has 226 valence electrons. The average molecular weight is 602 g/mol. The van der Waals surface area contributed by atoms with Crippen LogP contribution in [0.4, 0.5) is 14.5 Å². The van der Waals surface area contributed by atoms with Gasteiger partial charge in [0.05, 0.1) is 24.9 Å². The molecule has 0 unspecified atom stereocenters. The zero-order valence-corrected chi connectivity index (χ0v) is 24.4. The number of anilines is 1. The fraction of sp³-hybridized carbons (Fsp3) is 0.182. The molecular formula is C33H29F2N3O6. The number of fused-ring (bicyclic) bond motifs is 1. The van der Waals surface area contributed by atoms with E-state index in [-0.39, 0.29) is 17.0 Å². The number of amides is 1. The van der Waals surface area contributed by atoms with Crippen LogP contribution in [0.5, 0.6) is 23.0 Å². The molecule has 44 heavy (non-hydrogen) atoms. The molecule has 0 bridgehead atoms. The summed E-state index contributed by atoms with van der Waals surface area (Å²) in [6.45, 7) is 4.09. The van der Waals surface area contributed by atoms with Crippen molar-refractivity contribution in [3.63, 3.8) is 0 Å². The Labute approximate surface area is 251 Å². The molecule has 1 amide bonds. The minimum absolute atomic E-state index is 0.0978. The smallest absolute Gasteiger partial charge is 0.268 e. The van der Waals surface area contributed by atoms with Gasteiger partial charge in [-0.25, -0.2) is 8.78 Å². The maximum absolute atomic E-state index is 15.2. The Morgan fingerprint density at radius 3 is 2.43 bits per heavy atom. The number of nitrogens with one attached hydrogen (secondary N) is 1. The van der Waals surface area contributed by atoms with Crippen LogP contribution in [0.3, 0.4) is 0 Å². The van der Waals surface area contributed by atoms with Gasteiger partial charge >= 0.3 is 0 Å². The van der Waals surface area contributed by atoms with Gasteiger partial charge in [0.1, 0.15) is 23.7 Å². The van der Waals surface area contributed by atoms with Crippen LogP contribution in [0.1, 0.15) is 21.6 Å². The van der Waals surface area contributed by atoms with E-state index in [1.54, 1.807) is 45.2 Å². The van der Waals surface area contributed by atoms with Crippen molar-refractivity contribution < 1.29 is 32.5 Å². The van der Waals surface area contributed by atoms with Gasteiger partial charge in [-0.15, -0.1) is 0 Å². The molecule has 0 fully saturated rings. The van der Waals surface area contributed by atoms with Gasteiger partial charge in [-0.3, -0.25) is 19.1 Å². The Kier molecular flexibility index (Phi) is 8.86. The van der Waals surface area contributed by atoms with Crippen LogP contribution in [0.25, 0.3) is 16.6 Å². The van der Waals surface area contributed by atoms with E-state index < -0.39 is 23.1 Å². The third kappa shape index (κ3) is 6.23. The second-order valence-electron chi connectivity index (χ2n) is 9.83. The summed E-state index contributed by atoms with van der Waals surface area (Å²) in [5.74, 6) is -0.775. The van der Waals surface area contributed by atoms with Gasteiger partial charge in [0.2, 0.25) is 0 Å². The van der Waals surface area contributed by atoms with Crippen LogP contribution in [0.2, 0.25) is 0 Å².